The smallest absolute Gasteiger partial charge is 0.325 e. The summed E-state index contributed by atoms with van der Waals surface area (Å²) in [6.45, 7) is 3.26. The first-order chi connectivity index (χ1) is 18.2. The maximum Gasteiger partial charge on any atom is 0.325 e. The van der Waals surface area contributed by atoms with Gasteiger partial charge in [-0.3, -0.25) is 33.6 Å². The summed E-state index contributed by atoms with van der Waals surface area (Å²) in [4.78, 5) is 84.1. The molecule has 11 N–H and O–H groups in total. The average molecular weight is 562 g/mol. The fourth-order valence-corrected chi connectivity index (χ4v) is 2.91. The Morgan fingerprint density at radius 2 is 1.26 bits per heavy atom. The number of carbonyl (C=O) groups is 7. The SMILES string of the molecule is CC[C@H](C)[C@H](NC(=O)[C@H](C)NC(=O)CNC(=O)[C@H](CO)NC(=O)[C@H](CO)NC(=O)CN)C(=O)N[C@@H](C)C(=O)O. The molecule has 0 aliphatic heterocycles. The number of carboxylic acid groups (broad SMARTS) is 1. The first kappa shape index (κ1) is 35.2. The molecule has 0 heterocycles. The van der Waals surface area contributed by atoms with Crippen molar-refractivity contribution in [3.63, 3.8) is 0 Å². The lowest BCUT2D eigenvalue weighted by Gasteiger charge is -2.26. The van der Waals surface area contributed by atoms with E-state index in [1.165, 1.54) is 13.8 Å². The Balaban J connectivity index is 4.98. The fourth-order valence-electron chi connectivity index (χ4n) is 2.91. The number of nitrogens with two attached hydrogens (primary N) is 1. The van der Waals surface area contributed by atoms with Gasteiger partial charge in [-0.05, 0) is 19.8 Å². The van der Waals surface area contributed by atoms with E-state index in [4.69, 9.17) is 10.8 Å². The highest BCUT2D eigenvalue weighted by Gasteiger charge is 2.30. The van der Waals surface area contributed by atoms with Gasteiger partial charge in [0.25, 0.3) is 0 Å². The van der Waals surface area contributed by atoms with Crippen LogP contribution in [0.4, 0.5) is 0 Å². The van der Waals surface area contributed by atoms with Crippen LogP contribution >= 0.6 is 0 Å². The van der Waals surface area contributed by atoms with Gasteiger partial charge in [0.15, 0.2) is 0 Å². The number of carbonyl (C=O) groups excluding carboxylic acids is 6. The molecule has 0 spiro atoms. The van der Waals surface area contributed by atoms with E-state index in [1.807, 2.05) is 0 Å². The van der Waals surface area contributed by atoms with Gasteiger partial charge in [-0.2, -0.15) is 0 Å². The topological polar surface area (TPSA) is 278 Å². The maximum atomic E-state index is 12.6. The maximum absolute atomic E-state index is 12.6. The van der Waals surface area contributed by atoms with E-state index < -0.39 is 97.9 Å². The zero-order valence-electron chi connectivity index (χ0n) is 22.3. The third-order valence-corrected chi connectivity index (χ3v) is 5.55. The Bertz CT molecular complexity index is 900. The Hall–Kier alpha value is -3.83. The number of amides is 6. The molecule has 0 unspecified atom stereocenters. The Labute approximate surface area is 225 Å². The Morgan fingerprint density at radius 3 is 1.74 bits per heavy atom. The number of hydrogen-bond acceptors (Lipinski definition) is 10. The van der Waals surface area contributed by atoms with Gasteiger partial charge in [0.2, 0.25) is 35.4 Å². The molecule has 17 nitrogen and oxygen atoms in total. The van der Waals surface area contributed by atoms with Crippen LogP contribution in [0.25, 0.3) is 0 Å². The van der Waals surface area contributed by atoms with Gasteiger partial charge in [-0.25, -0.2) is 0 Å². The first-order valence-corrected chi connectivity index (χ1v) is 12.1. The highest BCUT2D eigenvalue weighted by atomic mass is 16.4. The lowest BCUT2D eigenvalue weighted by atomic mass is 9.97. The van der Waals surface area contributed by atoms with Gasteiger partial charge in [-0.15, -0.1) is 0 Å². The van der Waals surface area contributed by atoms with Crippen molar-refractivity contribution < 1.29 is 48.9 Å². The minimum absolute atomic E-state index is 0.364. The molecule has 0 aromatic heterocycles. The fraction of sp³-hybridized carbons (Fsp3) is 0.682. The largest absolute Gasteiger partial charge is 0.480 e. The van der Waals surface area contributed by atoms with Crippen LogP contribution in [-0.2, 0) is 33.6 Å². The summed E-state index contributed by atoms with van der Waals surface area (Å²) in [5.41, 5.74) is 5.13. The third-order valence-electron chi connectivity index (χ3n) is 5.55. The molecule has 6 atom stereocenters. The van der Waals surface area contributed by atoms with Crippen LogP contribution in [0, 0.1) is 5.92 Å². The molecule has 0 rings (SSSR count). The lowest BCUT2D eigenvalue weighted by Crippen LogP contribution is -2.58. The van der Waals surface area contributed by atoms with E-state index in [0.29, 0.717) is 6.42 Å². The van der Waals surface area contributed by atoms with Crippen molar-refractivity contribution in [1.82, 2.24) is 31.9 Å². The zero-order chi connectivity index (χ0) is 30.3. The quantitative estimate of drug-likeness (QED) is 0.0800. The van der Waals surface area contributed by atoms with Gasteiger partial charge in [0.1, 0.15) is 30.2 Å². The lowest BCUT2D eigenvalue weighted by molar-refractivity contribution is -0.142. The second-order valence-corrected chi connectivity index (χ2v) is 8.70. The van der Waals surface area contributed by atoms with Crippen molar-refractivity contribution in [3.8, 4) is 0 Å². The third kappa shape index (κ3) is 12.5. The number of aliphatic hydroxyl groups excluding tert-OH is 2. The van der Waals surface area contributed by atoms with Crippen molar-refractivity contribution in [3.05, 3.63) is 0 Å². The molecule has 17 heteroatoms. The van der Waals surface area contributed by atoms with Crippen LogP contribution in [0.3, 0.4) is 0 Å². The van der Waals surface area contributed by atoms with Crippen LogP contribution in [0.2, 0.25) is 0 Å². The van der Waals surface area contributed by atoms with Crippen molar-refractivity contribution >= 4 is 41.4 Å². The predicted molar refractivity (Wildman–Crippen MR) is 134 cm³/mol. The molecule has 0 aliphatic carbocycles. The van der Waals surface area contributed by atoms with Gasteiger partial charge < -0.3 is 53.0 Å². The number of hydrogen-bond donors (Lipinski definition) is 10. The summed E-state index contributed by atoms with van der Waals surface area (Å²) in [6, 6.07) is -6.38. The molecule has 0 bridgehead atoms. The van der Waals surface area contributed by atoms with Gasteiger partial charge >= 0.3 is 5.97 Å². The molecular formula is C22H39N7O10. The molecule has 0 saturated carbocycles. The highest BCUT2D eigenvalue weighted by molar-refractivity contribution is 5.95. The van der Waals surface area contributed by atoms with Crippen molar-refractivity contribution in [2.45, 2.75) is 64.3 Å². The van der Waals surface area contributed by atoms with Gasteiger partial charge in [0, 0.05) is 0 Å². The van der Waals surface area contributed by atoms with Gasteiger partial charge in [0.05, 0.1) is 26.3 Å². The van der Waals surface area contributed by atoms with Crippen LogP contribution < -0.4 is 37.6 Å². The van der Waals surface area contributed by atoms with E-state index in [0.717, 1.165) is 0 Å². The molecule has 0 radical (unpaired) electrons. The molecular weight excluding hydrogens is 522 g/mol. The molecule has 0 aromatic carbocycles. The summed E-state index contributed by atoms with van der Waals surface area (Å²) in [5, 5.41) is 41.1. The number of carboxylic acids is 1. The van der Waals surface area contributed by atoms with Crippen LogP contribution in [0.1, 0.15) is 34.1 Å². The number of rotatable bonds is 17. The molecule has 0 saturated heterocycles. The van der Waals surface area contributed by atoms with E-state index >= 15 is 0 Å². The van der Waals surface area contributed by atoms with E-state index in [2.05, 4.69) is 31.9 Å². The normalized spacial score (nSPS) is 15.3. The molecule has 0 aliphatic rings. The van der Waals surface area contributed by atoms with Crippen molar-refractivity contribution in [2.75, 3.05) is 26.3 Å². The summed E-state index contributed by atoms with van der Waals surface area (Å²) in [7, 11) is 0. The van der Waals surface area contributed by atoms with E-state index in [-0.39, 0.29) is 5.92 Å². The minimum Gasteiger partial charge on any atom is -0.480 e. The summed E-state index contributed by atoms with van der Waals surface area (Å²) < 4.78 is 0. The monoisotopic (exact) mass is 561 g/mol. The number of aliphatic carboxylic acids is 1. The minimum atomic E-state index is -1.53. The van der Waals surface area contributed by atoms with Crippen LogP contribution in [0.15, 0.2) is 0 Å². The molecule has 0 fully saturated rings. The highest BCUT2D eigenvalue weighted by Crippen LogP contribution is 2.09. The van der Waals surface area contributed by atoms with E-state index in [1.54, 1.807) is 13.8 Å². The van der Waals surface area contributed by atoms with Crippen LogP contribution in [-0.4, -0.2) is 113 Å². The molecule has 222 valence electrons. The number of nitrogens with one attached hydrogen (secondary N) is 6. The van der Waals surface area contributed by atoms with Gasteiger partial charge in [-0.1, -0.05) is 20.3 Å². The summed E-state index contributed by atoms with van der Waals surface area (Å²) >= 11 is 0. The molecule has 0 aromatic rings. The Kier molecular flexibility index (Phi) is 15.9. The molecule has 39 heavy (non-hydrogen) atoms. The summed E-state index contributed by atoms with van der Waals surface area (Å²) in [5.74, 6) is -6.58. The van der Waals surface area contributed by atoms with Crippen LogP contribution in [0.5, 0.6) is 0 Å². The summed E-state index contributed by atoms with van der Waals surface area (Å²) in [6.07, 6.45) is 0.480. The number of aliphatic hydroxyl groups is 2. The predicted octanol–water partition coefficient (Wildman–Crippen LogP) is -5.36. The standard InChI is InChI=1S/C22H39N7O10/c1-5-10(2)17(21(37)26-12(4)22(38)39)29-18(34)11(3)25-16(33)7-24-19(35)13(8-30)28-20(36)14(9-31)27-15(32)6-23/h10-14,17,30-31H,5-9,23H2,1-4H3,(H,24,35)(H,25,33)(H,26,37)(H,27,32)(H,28,36)(H,29,34)(H,38,39)/t10-,11-,12-,13-,14-,17-/m0/s1. The molecule has 6 amide bonds. The first-order valence-electron chi connectivity index (χ1n) is 12.1. The van der Waals surface area contributed by atoms with Crippen molar-refractivity contribution in [1.29, 1.82) is 0 Å². The second-order valence-electron chi connectivity index (χ2n) is 8.70. The zero-order valence-corrected chi connectivity index (χ0v) is 22.3. The average Bonchev–Trinajstić information content (AvgIpc) is 2.90. The second kappa shape index (κ2) is 17.6. The van der Waals surface area contributed by atoms with E-state index in [9.17, 15) is 43.8 Å². The Morgan fingerprint density at radius 1 is 0.692 bits per heavy atom. The van der Waals surface area contributed by atoms with Crippen molar-refractivity contribution in [2.24, 2.45) is 11.7 Å².